The fraction of sp³-hybridized carbons (Fsp3) is 0.571. The van der Waals surface area contributed by atoms with E-state index >= 15 is 0 Å². The van der Waals surface area contributed by atoms with Crippen LogP contribution in [0.1, 0.15) is 18.9 Å². The number of hydrogen-bond donors (Lipinski definition) is 2. The van der Waals surface area contributed by atoms with Crippen molar-refractivity contribution < 1.29 is 18.6 Å². The Morgan fingerprint density at radius 1 is 1.47 bits per heavy atom. The predicted molar refractivity (Wildman–Crippen MR) is 67.9 cm³/mol. The van der Waals surface area contributed by atoms with E-state index in [0.29, 0.717) is 25.2 Å². The Bertz CT molecular complexity index is 431. The van der Waals surface area contributed by atoms with Gasteiger partial charge in [-0.1, -0.05) is 6.07 Å². The van der Waals surface area contributed by atoms with Crippen LogP contribution in [0.3, 0.4) is 0 Å². The maximum absolute atomic E-state index is 13.6. The number of hydrogen-bond acceptors (Lipinski definition) is 3. The zero-order chi connectivity index (χ0) is 13.9. The van der Waals surface area contributed by atoms with Gasteiger partial charge in [0, 0.05) is 25.1 Å². The van der Waals surface area contributed by atoms with Crippen LogP contribution in [-0.4, -0.2) is 36.5 Å². The third-order valence-electron chi connectivity index (χ3n) is 3.27. The van der Waals surface area contributed by atoms with Crippen molar-refractivity contribution in [2.75, 3.05) is 19.8 Å². The average molecular weight is 271 g/mol. The van der Waals surface area contributed by atoms with Gasteiger partial charge in [0.25, 0.3) is 0 Å². The molecule has 0 bridgehead atoms. The van der Waals surface area contributed by atoms with Crippen molar-refractivity contribution in [3.05, 3.63) is 35.4 Å². The number of halogens is 2. The van der Waals surface area contributed by atoms with Crippen molar-refractivity contribution in [1.82, 2.24) is 5.32 Å². The number of ether oxygens (including phenoxy) is 1. The molecule has 1 aromatic carbocycles. The average Bonchev–Trinajstić information content (AvgIpc) is 2.33. The van der Waals surface area contributed by atoms with Crippen LogP contribution in [0.4, 0.5) is 8.78 Å². The van der Waals surface area contributed by atoms with Crippen LogP contribution in [0.5, 0.6) is 0 Å². The molecule has 1 aliphatic heterocycles. The molecule has 0 aliphatic carbocycles. The summed E-state index contributed by atoms with van der Waals surface area (Å²) in [6.07, 6.45) is 0.612. The Morgan fingerprint density at radius 2 is 2.26 bits per heavy atom. The third-order valence-corrected chi connectivity index (χ3v) is 3.27. The maximum Gasteiger partial charge on any atom is 0.129 e. The van der Waals surface area contributed by atoms with Gasteiger partial charge < -0.3 is 15.2 Å². The van der Waals surface area contributed by atoms with Gasteiger partial charge in [-0.25, -0.2) is 8.78 Å². The van der Waals surface area contributed by atoms with E-state index in [4.69, 9.17) is 4.74 Å². The molecule has 1 fully saturated rings. The lowest BCUT2D eigenvalue weighted by Gasteiger charge is -2.31. The summed E-state index contributed by atoms with van der Waals surface area (Å²) in [7, 11) is 0. The van der Waals surface area contributed by atoms with Crippen molar-refractivity contribution in [2.45, 2.75) is 31.4 Å². The minimum atomic E-state index is -1.06. The molecule has 5 heteroatoms. The molecule has 3 nitrogen and oxygen atoms in total. The van der Waals surface area contributed by atoms with Crippen molar-refractivity contribution in [3.63, 3.8) is 0 Å². The molecule has 0 amide bonds. The van der Waals surface area contributed by atoms with Gasteiger partial charge in [0.2, 0.25) is 0 Å². The Morgan fingerprint density at radius 3 is 2.89 bits per heavy atom. The van der Waals surface area contributed by atoms with E-state index in [2.05, 4.69) is 5.32 Å². The van der Waals surface area contributed by atoms with E-state index in [1.165, 1.54) is 12.1 Å². The van der Waals surface area contributed by atoms with Crippen molar-refractivity contribution in [3.8, 4) is 0 Å². The fourth-order valence-electron chi connectivity index (χ4n) is 2.43. The van der Waals surface area contributed by atoms with E-state index in [0.717, 1.165) is 12.6 Å². The second-order valence-corrected chi connectivity index (χ2v) is 5.34. The smallest absolute Gasteiger partial charge is 0.129 e. The second kappa shape index (κ2) is 5.94. The normalized spacial score (nSPS) is 23.1. The molecule has 0 radical (unpaired) electrons. The summed E-state index contributed by atoms with van der Waals surface area (Å²) in [5.41, 5.74) is -0.736. The van der Waals surface area contributed by atoms with Crippen LogP contribution >= 0.6 is 0 Å². The molecule has 2 unspecified atom stereocenters. The first-order chi connectivity index (χ1) is 8.96. The van der Waals surface area contributed by atoms with Gasteiger partial charge in [-0.15, -0.1) is 0 Å². The maximum atomic E-state index is 13.6. The van der Waals surface area contributed by atoms with Gasteiger partial charge in [-0.2, -0.15) is 0 Å². The lowest BCUT2D eigenvalue weighted by molar-refractivity contribution is 0.00604. The molecule has 2 N–H and O–H groups in total. The molecule has 0 spiro atoms. The zero-order valence-electron chi connectivity index (χ0n) is 11.0. The number of morpholine rings is 1. The van der Waals surface area contributed by atoms with E-state index < -0.39 is 17.2 Å². The Kier molecular flexibility index (Phi) is 4.50. The molecular weight excluding hydrogens is 252 g/mol. The second-order valence-electron chi connectivity index (χ2n) is 5.34. The molecule has 106 valence electrons. The molecule has 0 saturated carbocycles. The van der Waals surface area contributed by atoms with E-state index in [9.17, 15) is 13.9 Å². The monoisotopic (exact) mass is 271 g/mol. The van der Waals surface area contributed by atoms with Gasteiger partial charge >= 0.3 is 0 Å². The lowest BCUT2D eigenvalue weighted by atomic mass is 9.89. The van der Waals surface area contributed by atoms with Gasteiger partial charge in [-0.3, -0.25) is 0 Å². The summed E-state index contributed by atoms with van der Waals surface area (Å²) in [6, 6.07) is 3.49. The molecular formula is C14H19F2NO2. The van der Waals surface area contributed by atoms with Gasteiger partial charge in [0.15, 0.2) is 0 Å². The van der Waals surface area contributed by atoms with Crippen LogP contribution in [-0.2, 0) is 11.2 Å². The van der Waals surface area contributed by atoms with E-state index in [-0.39, 0.29) is 12.5 Å². The van der Waals surface area contributed by atoms with Gasteiger partial charge in [-0.05, 0) is 25.0 Å². The highest BCUT2D eigenvalue weighted by Gasteiger charge is 2.28. The standard InChI is InChI=1S/C14H19F2NO2/c1-14(18,8-12-9-19-5-4-17-12)7-10-2-3-11(15)6-13(10)16/h2-3,6,12,17-18H,4-5,7-9H2,1H3. The Labute approximate surface area is 111 Å². The molecule has 1 aliphatic rings. The quantitative estimate of drug-likeness (QED) is 0.874. The SMILES string of the molecule is CC(O)(Cc1ccc(F)cc1F)CC1COCCN1. The Hall–Kier alpha value is -1.04. The van der Waals surface area contributed by atoms with Crippen LogP contribution in [0.25, 0.3) is 0 Å². The number of rotatable bonds is 4. The summed E-state index contributed by atoms with van der Waals surface area (Å²) in [5, 5.41) is 13.6. The molecule has 1 heterocycles. The number of nitrogens with one attached hydrogen (secondary N) is 1. The predicted octanol–water partition coefficient (Wildman–Crippen LogP) is 1.64. The third kappa shape index (κ3) is 4.23. The largest absolute Gasteiger partial charge is 0.390 e. The summed E-state index contributed by atoms with van der Waals surface area (Å²) in [6.45, 7) is 3.63. The summed E-state index contributed by atoms with van der Waals surface area (Å²) in [4.78, 5) is 0. The molecule has 1 aromatic rings. The van der Waals surface area contributed by atoms with Gasteiger partial charge in [0.1, 0.15) is 11.6 Å². The first kappa shape index (κ1) is 14.4. The Balaban J connectivity index is 1.99. The van der Waals surface area contributed by atoms with Crippen molar-refractivity contribution in [1.29, 1.82) is 0 Å². The van der Waals surface area contributed by atoms with Crippen LogP contribution in [0.2, 0.25) is 0 Å². The topological polar surface area (TPSA) is 41.5 Å². The van der Waals surface area contributed by atoms with Crippen LogP contribution in [0, 0.1) is 11.6 Å². The van der Waals surface area contributed by atoms with Crippen molar-refractivity contribution >= 4 is 0 Å². The highest BCUT2D eigenvalue weighted by molar-refractivity contribution is 5.20. The summed E-state index contributed by atoms with van der Waals surface area (Å²) < 4.78 is 31.7. The molecule has 2 atom stereocenters. The minimum absolute atomic E-state index is 0.0623. The molecule has 19 heavy (non-hydrogen) atoms. The van der Waals surface area contributed by atoms with Crippen molar-refractivity contribution in [2.24, 2.45) is 0 Å². The van der Waals surface area contributed by atoms with E-state index in [1.807, 2.05) is 0 Å². The first-order valence-corrected chi connectivity index (χ1v) is 6.44. The highest BCUT2D eigenvalue weighted by atomic mass is 19.1. The fourth-order valence-corrected chi connectivity index (χ4v) is 2.43. The molecule has 2 rings (SSSR count). The minimum Gasteiger partial charge on any atom is -0.390 e. The van der Waals surface area contributed by atoms with E-state index in [1.54, 1.807) is 6.92 Å². The molecule has 1 saturated heterocycles. The number of benzene rings is 1. The summed E-state index contributed by atoms with van der Waals surface area (Å²) >= 11 is 0. The first-order valence-electron chi connectivity index (χ1n) is 6.44. The lowest BCUT2D eigenvalue weighted by Crippen LogP contribution is -2.46. The molecule has 0 aromatic heterocycles. The van der Waals surface area contributed by atoms with Gasteiger partial charge in [0.05, 0.1) is 18.8 Å². The zero-order valence-corrected chi connectivity index (χ0v) is 11.0. The summed E-state index contributed by atoms with van der Waals surface area (Å²) in [5.74, 6) is -1.23. The van der Waals surface area contributed by atoms with Crippen LogP contribution in [0.15, 0.2) is 18.2 Å². The van der Waals surface area contributed by atoms with Crippen LogP contribution < -0.4 is 5.32 Å². The highest BCUT2D eigenvalue weighted by Crippen LogP contribution is 2.22. The number of aliphatic hydroxyl groups is 1.